The van der Waals surface area contributed by atoms with Gasteiger partial charge in [-0.3, -0.25) is 0 Å². The van der Waals surface area contributed by atoms with Gasteiger partial charge in [-0.2, -0.15) is 0 Å². The van der Waals surface area contributed by atoms with Gasteiger partial charge in [0.05, 0.1) is 7.11 Å². The molecule has 0 aromatic carbocycles. The summed E-state index contributed by atoms with van der Waals surface area (Å²) in [6.07, 6.45) is 0. The van der Waals surface area contributed by atoms with E-state index >= 15 is 0 Å². The first-order chi connectivity index (χ1) is 3.41. The van der Waals surface area contributed by atoms with Crippen molar-refractivity contribution in [3.8, 4) is 0 Å². The molecule has 7 heavy (non-hydrogen) atoms. The van der Waals surface area contributed by atoms with Crippen LogP contribution in [0.25, 0.3) is 0 Å². The lowest BCUT2D eigenvalue weighted by Crippen LogP contribution is -2.00. The lowest BCUT2D eigenvalue weighted by molar-refractivity contribution is -0.161. The molecule has 0 aliphatic carbocycles. The fourth-order valence-electron chi connectivity index (χ4n) is 0.117. The molecule has 0 unspecified atom stereocenters. The van der Waals surface area contributed by atoms with Gasteiger partial charge in [-0.1, -0.05) is 6.92 Å². The normalized spacial score (nSPS) is 9.43. The summed E-state index contributed by atoms with van der Waals surface area (Å²) in [4.78, 5) is 4.24. The maximum atomic E-state index is 4.38. The molecule has 0 aliphatic heterocycles. The van der Waals surface area contributed by atoms with Crippen molar-refractivity contribution in [2.75, 3.05) is 13.7 Å². The Kier molecular flexibility index (Phi) is 6.43. The Morgan fingerprint density at radius 1 is 1.71 bits per heavy atom. The lowest BCUT2D eigenvalue weighted by atomic mass is 10.8. The van der Waals surface area contributed by atoms with E-state index in [4.69, 9.17) is 0 Å². The van der Waals surface area contributed by atoms with Gasteiger partial charge in [-0.15, -0.1) is 4.33 Å². The fraction of sp³-hybridized carbons (Fsp3) is 1.00. The van der Waals surface area contributed by atoms with Crippen molar-refractivity contribution >= 4 is 12.2 Å². The second-order valence-corrected chi connectivity index (χ2v) is 1.41. The average Bonchev–Trinajstić information content (AvgIpc) is 1.69. The predicted octanol–water partition coefficient (Wildman–Crippen LogP) is 0.737. The number of nitrogens with one attached hydrogen (secondary N) is 1. The first-order valence-corrected chi connectivity index (χ1v) is 2.75. The highest BCUT2D eigenvalue weighted by atomic mass is 32.2. The van der Waals surface area contributed by atoms with E-state index in [1.54, 1.807) is 0 Å². The Bertz CT molecular complexity index is 32.1. The van der Waals surface area contributed by atoms with Crippen LogP contribution in [-0.4, -0.2) is 13.7 Å². The van der Waals surface area contributed by atoms with Gasteiger partial charge in [-0.05, 0) is 0 Å². The third-order valence-corrected chi connectivity index (χ3v) is 0.916. The Hall–Kier alpha value is 0.230. The zero-order valence-electron chi connectivity index (χ0n) is 4.43. The zero-order chi connectivity index (χ0) is 5.54. The van der Waals surface area contributed by atoms with E-state index in [0.717, 1.165) is 18.8 Å². The summed E-state index contributed by atoms with van der Waals surface area (Å²) < 4.78 is 7.20. The van der Waals surface area contributed by atoms with Crippen molar-refractivity contribution < 1.29 is 9.22 Å². The molecule has 0 fully saturated rings. The maximum absolute atomic E-state index is 4.38. The molecule has 0 aliphatic rings. The molecule has 0 spiro atoms. The fourth-order valence-corrected chi connectivity index (χ4v) is 0.351. The molecule has 1 N–H and O–H groups in total. The van der Waals surface area contributed by atoms with Crippen LogP contribution < -0.4 is 4.72 Å². The monoisotopic (exact) mass is 123 g/mol. The molecule has 0 bridgehead atoms. The van der Waals surface area contributed by atoms with Gasteiger partial charge in [0.1, 0.15) is 12.2 Å². The Morgan fingerprint density at radius 3 is 2.86 bits per heavy atom. The molecule has 0 radical (unpaired) electrons. The van der Waals surface area contributed by atoms with E-state index in [-0.39, 0.29) is 0 Å². The summed E-state index contributed by atoms with van der Waals surface area (Å²) in [5, 5.41) is 0. The van der Waals surface area contributed by atoms with E-state index in [1.807, 2.05) is 6.92 Å². The summed E-state index contributed by atoms with van der Waals surface area (Å²) in [6.45, 7) is 2.85. The van der Waals surface area contributed by atoms with Gasteiger partial charge in [0.2, 0.25) is 0 Å². The minimum absolute atomic E-state index is 0.869. The van der Waals surface area contributed by atoms with Crippen molar-refractivity contribution in [1.29, 1.82) is 0 Å². The summed E-state index contributed by atoms with van der Waals surface area (Å²) in [5.74, 6) is 0. The highest BCUT2D eigenvalue weighted by molar-refractivity contribution is 7.92. The van der Waals surface area contributed by atoms with Crippen LogP contribution in [-0.2, 0) is 9.22 Å². The molecule has 0 saturated heterocycles. The van der Waals surface area contributed by atoms with Crippen LogP contribution in [0.1, 0.15) is 6.92 Å². The third kappa shape index (κ3) is 6.23. The molecule has 0 aromatic heterocycles. The molecule has 0 heterocycles. The molecule has 0 rings (SSSR count). The van der Waals surface area contributed by atoms with E-state index < -0.39 is 0 Å². The Morgan fingerprint density at radius 2 is 2.43 bits per heavy atom. The molecule has 0 amide bonds. The highest BCUT2D eigenvalue weighted by Crippen LogP contribution is 1.92. The second kappa shape index (κ2) is 6.23. The lowest BCUT2D eigenvalue weighted by Gasteiger charge is -1.93. The van der Waals surface area contributed by atoms with Crippen molar-refractivity contribution in [3.63, 3.8) is 0 Å². The van der Waals surface area contributed by atoms with E-state index in [0.29, 0.717) is 0 Å². The highest BCUT2D eigenvalue weighted by Gasteiger charge is 1.78. The number of hydrogen-bond acceptors (Lipinski definition) is 4. The summed E-state index contributed by atoms with van der Waals surface area (Å²) in [5.41, 5.74) is 0. The summed E-state index contributed by atoms with van der Waals surface area (Å²) in [6, 6.07) is 0. The first kappa shape index (κ1) is 7.23. The Labute approximate surface area is 47.6 Å². The smallest absolute Gasteiger partial charge is 0.118 e. The van der Waals surface area contributed by atoms with Crippen molar-refractivity contribution in [1.82, 2.24) is 4.72 Å². The van der Waals surface area contributed by atoms with Crippen LogP contribution in [0, 0.1) is 0 Å². The van der Waals surface area contributed by atoms with Crippen LogP contribution in [0.5, 0.6) is 0 Å². The van der Waals surface area contributed by atoms with Crippen molar-refractivity contribution in [3.05, 3.63) is 0 Å². The van der Waals surface area contributed by atoms with E-state index in [9.17, 15) is 0 Å². The standard InChI is InChI=1S/C3H9NO2S/c1-3-4-7-6-5-2/h4H,3H2,1-2H3. The molecule has 0 aromatic rings. The number of rotatable bonds is 4. The summed E-state index contributed by atoms with van der Waals surface area (Å²) >= 11 is 1.08. The van der Waals surface area contributed by atoms with Gasteiger partial charge in [-0.25, -0.2) is 9.61 Å². The second-order valence-electron chi connectivity index (χ2n) is 0.816. The molecule has 0 saturated carbocycles. The molecular weight excluding hydrogens is 114 g/mol. The molecule has 4 heteroatoms. The topological polar surface area (TPSA) is 30.5 Å². The average molecular weight is 123 g/mol. The Balaban J connectivity index is 2.45. The third-order valence-electron chi connectivity index (χ3n) is 0.305. The van der Waals surface area contributed by atoms with Gasteiger partial charge in [0.25, 0.3) is 0 Å². The molecular formula is C3H9NO2S. The largest absolute Gasteiger partial charge is 0.238 e. The molecule has 3 nitrogen and oxygen atoms in total. The SMILES string of the molecule is CCNSOOC. The van der Waals surface area contributed by atoms with Crippen molar-refractivity contribution in [2.24, 2.45) is 0 Å². The van der Waals surface area contributed by atoms with Gasteiger partial charge in [0, 0.05) is 6.54 Å². The summed E-state index contributed by atoms with van der Waals surface area (Å²) in [7, 11) is 1.46. The molecule has 44 valence electrons. The predicted molar refractivity (Wildman–Crippen MR) is 29.4 cm³/mol. The minimum Gasteiger partial charge on any atom is -0.238 e. The van der Waals surface area contributed by atoms with Crippen molar-refractivity contribution in [2.45, 2.75) is 6.92 Å². The quantitative estimate of drug-likeness (QED) is 0.196. The minimum atomic E-state index is 0.869. The maximum Gasteiger partial charge on any atom is 0.118 e. The zero-order valence-corrected chi connectivity index (χ0v) is 5.25. The van der Waals surface area contributed by atoms with Crippen LogP contribution in [0.3, 0.4) is 0 Å². The van der Waals surface area contributed by atoms with Crippen LogP contribution in [0.15, 0.2) is 0 Å². The van der Waals surface area contributed by atoms with Crippen LogP contribution in [0.2, 0.25) is 0 Å². The van der Waals surface area contributed by atoms with Gasteiger partial charge in [0.15, 0.2) is 0 Å². The van der Waals surface area contributed by atoms with Gasteiger partial charge < -0.3 is 0 Å². The van der Waals surface area contributed by atoms with Crippen LogP contribution >= 0.6 is 12.2 Å². The van der Waals surface area contributed by atoms with E-state index in [2.05, 4.69) is 13.9 Å². The molecule has 0 atom stereocenters. The number of hydrogen-bond donors (Lipinski definition) is 1. The van der Waals surface area contributed by atoms with Gasteiger partial charge >= 0.3 is 0 Å². The van der Waals surface area contributed by atoms with Crippen LogP contribution in [0.4, 0.5) is 0 Å². The first-order valence-electron chi connectivity index (χ1n) is 2.01. The van der Waals surface area contributed by atoms with E-state index in [1.165, 1.54) is 7.11 Å².